The molecule has 5 nitrogen and oxygen atoms in total. The van der Waals surface area contributed by atoms with Crippen LogP contribution in [0.25, 0.3) is 16.9 Å². The number of fused-ring (bicyclic) bond motifs is 1. The second-order valence-electron chi connectivity index (χ2n) is 4.34. The van der Waals surface area contributed by atoms with Gasteiger partial charge in [0.25, 0.3) is 0 Å². The maximum absolute atomic E-state index is 11.2. The summed E-state index contributed by atoms with van der Waals surface area (Å²) in [6, 6.07) is 9.49. The molecule has 0 saturated carbocycles. The summed E-state index contributed by atoms with van der Waals surface area (Å²) >= 11 is 6.27. The van der Waals surface area contributed by atoms with Gasteiger partial charge in [-0.3, -0.25) is 0 Å². The molecule has 0 unspecified atom stereocenters. The van der Waals surface area contributed by atoms with E-state index in [-0.39, 0.29) is 11.2 Å². The molecular formula is C14H10ClN3O2. The van der Waals surface area contributed by atoms with Crippen molar-refractivity contribution in [3.63, 3.8) is 0 Å². The SMILES string of the molecule is Cc1c(-c2ccccc2)nc2c(C(=O)O)cnn2c1Cl. The van der Waals surface area contributed by atoms with Gasteiger partial charge in [0.05, 0.1) is 11.9 Å². The van der Waals surface area contributed by atoms with Crippen LogP contribution in [0, 0.1) is 6.92 Å². The molecule has 0 aliphatic carbocycles. The van der Waals surface area contributed by atoms with Gasteiger partial charge in [0, 0.05) is 11.1 Å². The van der Waals surface area contributed by atoms with Crippen molar-refractivity contribution in [1.82, 2.24) is 14.6 Å². The quantitative estimate of drug-likeness (QED) is 0.736. The Hall–Kier alpha value is -2.40. The number of carboxylic acid groups (broad SMARTS) is 1. The van der Waals surface area contributed by atoms with Crippen LogP contribution in [0.1, 0.15) is 15.9 Å². The first kappa shape index (κ1) is 12.6. The molecule has 0 spiro atoms. The number of aromatic carboxylic acids is 1. The molecule has 6 heteroatoms. The van der Waals surface area contributed by atoms with Gasteiger partial charge < -0.3 is 5.11 Å². The van der Waals surface area contributed by atoms with E-state index in [2.05, 4.69) is 10.1 Å². The molecule has 0 fully saturated rings. The Labute approximate surface area is 119 Å². The highest BCUT2D eigenvalue weighted by molar-refractivity contribution is 6.30. The van der Waals surface area contributed by atoms with Crippen molar-refractivity contribution in [2.45, 2.75) is 6.92 Å². The van der Waals surface area contributed by atoms with Crippen LogP contribution in [0.15, 0.2) is 36.5 Å². The van der Waals surface area contributed by atoms with Crippen molar-refractivity contribution < 1.29 is 9.90 Å². The van der Waals surface area contributed by atoms with Gasteiger partial charge in [-0.1, -0.05) is 41.9 Å². The zero-order valence-corrected chi connectivity index (χ0v) is 11.3. The second kappa shape index (κ2) is 4.61. The van der Waals surface area contributed by atoms with Crippen LogP contribution in [-0.4, -0.2) is 25.7 Å². The number of halogens is 1. The lowest BCUT2D eigenvalue weighted by molar-refractivity contribution is 0.0699. The molecule has 1 aromatic carbocycles. The molecule has 0 amide bonds. The van der Waals surface area contributed by atoms with Crippen molar-refractivity contribution in [1.29, 1.82) is 0 Å². The third-order valence-corrected chi connectivity index (χ3v) is 3.53. The lowest BCUT2D eigenvalue weighted by atomic mass is 10.1. The van der Waals surface area contributed by atoms with E-state index in [0.717, 1.165) is 11.1 Å². The number of nitrogens with zero attached hydrogens (tertiary/aromatic N) is 3. The minimum Gasteiger partial charge on any atom is -0.477 e. The fourth-order valence-corrected chi connectivity index (χ4v) is 2.28. The molecule has 0 bridgehead atoms. The zero-order chi connectivity index (χ0) is 14.3. The maximum Gasteiger partial charge on any atom is 0.341 e. The number of rotatable bonds is 2. The van der Waals surface area contributed by atoms with E-state index in [4.69, 9.17) is 16.7 Å². The predicted molar refractivity (Wildman–Crippen MR) is 75.1 cm³/mol. The molecule has 3 aromatic rings. The zero-order valence-electron chi connectivity index (χ0n) is 10.5. The summed E-state index contributed by atoms with van der Waals surface area (Å²) in [5.41, 5.74) is 2.57. The van der Waals surface area contributed by atoms with E-state index in [9.17, 15) is 4.79 Å². The van der Waals surface area contributed by atoms with Crippen molar-refractivity contribution in [2.75, 3.05) is 0 Å². The van der Waals surface area contributed by atoms with E-state index < -0.39 is 5.97 Å². The van der Waals surface area contributed by atoms with Crippen molar-refractivity contribution in [3.05, 3.63) is 52.8 Å². The highest BCUT2D eigenvalue weighted by Gasteiger charge is 2.18. The highest BCUT2D eigenvalue weighted by Crippen LogP contribution is 2.28. The molecule has 3 rings (SSSR count). The lowest BCUT2D eigenvalue weighted by Gasteiger charge is -2.09. The normalized spacial score (nSPS) is 10.9. The Morgan fingerprint density at radius 2 is 2.00 bits per heavy atom. The molecule has 100 valence electrons. The molecule has 0 aliphatic heterocycles. The number of carbonyl (C=O) groups is 1. The van der Waals surface area contributed by atoms with Crippen LogP contribution < -0.4 is 0 Å². The van der Waals surface area contributed by atoms with Gasteiger partial charge in [0.1, 0.15) is 10.7 Å². The summed E-state index contributed by atoms with van der Waals surface area (Å²) in [5, 5.41) is 13.5. The number of aromatic nitrogens is 3. The summed E-state index contributed by atoms with van der Waals surface area (Å²) in [6.45, 7) is 1.83. The van der Waals surface area contributed by atoms with Crippen LogP contribution in [0.5, 0.6) is 0 Å². The third kappa shape index (κ3) is 1.83. The maximum atomic E-state index is 11.2. The lowest BCUT2D eigenvalue weighted by Crippen LogP contribution is -2.02. The molecular weight excluding hydrogens is 278 g/mol. The number of carboxylic acids is 1. The molecule has 0 aliphatic rings. The van der Waals surface area contributed by atoms with Gasteiger partial charge in [-0.25, -0.2) is 14.3 Å². The fourth-order valence-electron chi connectivity index (χ4n) is 2.07. The molecule has 0 atom stereocenters. The Kier molecular flexibility index (Phi) is 2.91. The Morgan fingerprint density at radius 3 is 2.65 bits per heavy atom. The molecule has 2 aromatic heterocycles. The molecule has 2 heterocycles. The van der Waals surface area contributed by atoms with E-state index in [1.54, 1.807) is 0 Å². The van der Waals surface area contributed by atoms with Gasteiger partial charge in [0.15, 0.2) is 5.65 Å². The smallest absolute Gasteiger partial charge is 0.341 e. The van der Waals surface area contributed by atoms with Gasteiger partial charge >= 0.3 is 5.97 Å². The topological polar surface area (TPSA) is 67.5 Å². The highest BCUT2D eigenvalue weighted by atomic mass is 35.5. The molecule has 0 radical (unpaired) electrons. The van der Waals surface area contributed by atoms with Crippen LogP contribution in [-0.2, 0) is 0 Å². The second-order valence-corrected chi connectivity index (χ2v) is 4.70. The molecule has 20 heavy (non-hydrogen) atoms. The van der Waals surface area contributed by atoms with E-state index in [1.165, 1.54) is 10.7 Å². The van der Waals surface area contributed by atoms with Crippen molar-refractivity contribution in [2.24, 2.45) is 0 Å². The standard InChI is InChI=1S/C14H10ClN3O2/c1-8-11(9-5-3-2-4-6-9)17-13-10(14(19)20)7-16-18(13)12(8)15/h2-7H,1H3,(H,19,20). The Balaban J connectivity index is 2.36. The van der Waals surface area contributed by atoms with Gasteiger partial charge in [-0.05, 0) is 6.92 Å². The fraction of sp³-hybridized carbons (Fsp3) is 0.0714. The van der Waals surface area contributed by atoms with Crippen LogP contribution >= 0.6 is 11.6 Å². The van der Waals surface area contributed by atoms with Gasteiger partial charge in [-0.15, -0.1) is 0 Å². The van der Waals surface area contributed by atoms with Gasteiger partial charge in [-0.2, -0.15) is 5.10 Å². The summed E-state index contributed by atoms with van der Waals surface area (Å²) in [4.78, 5) is 15.6. The Bertz CT molecular complexity index is 812. The summed E-state index contributed by atoms with van der Waals surface area (Å²) in [7, 11) is 0. The van der Waals surface area contributed by atoms with E-state index in [1.807, 2.05) is 37.3 Å². The summed E-state index contributed by atoms with van der Waals surface area (Å²) < 4.78 is 1.34. The first-order chi connectivity index (χ1) is 9.59. The summed E-state index contributed by atoms with van der Waals surface area (Å²) in [5.74, 6) is -1.08. The van der Waals surface area contributed by atoms with Crippen LogP contribution in [0.4, 0.5) is 0 Å². The number of hydrogen-bond donors (Lipinski definition) is 1. The number of hydrogen-bond acceptors (Lipinski definition) is 3. The van der Waals surface area contributed by atoms with E-state index >= 15 is 0 Å². The number of benzene rings is 1. The average molecular weight is 288 g/mol. The monoisotopic (exact) mass is 287 g/mol. The molecule has 1 N–H and O–H groups in total. The third-order valence-electron chi connectivity index (χ3n) is 3.09. The first-order valence-corrected chi connectivity index (χ1v) is 6.30. The predicted octanol–water partition coefficient (Wildman–Crippen LogP) is 3.06. The van der Waals surface area contributed by atoms with Crippen molar-refractivity contribution in [3.8, 4) is 11.3 Å². The van der Waals surface area contributed by atoms with Crippen molar-refractivity contribution >= 4 is 23.2 Å². The van der Waals surface area contributed by atoms with E-state index in [0.29, 0.717) is 10.8 Å². The first-order valence-electron chi connectivity index (χ1n) is 5.92. The largest absolute Gasteiger partial charge is 0.477 e. The molecule has 0 saturated heterocycles. The summed E-state index contributed by atoms with van der Waals surface area (Å²) in [6.07, 6.45) is 1.25. The Morgan fingerprint density at radius 1 is 1.30 bits per heavy atom. The minimum atomic E-state index is -1.08. The minimum absolute atomic E-state index is 0.0316. The van der Waals surface area contributed by atoms with Crippen LogP contribution in [0.3, 0.4) is 0 Å². The average Bonchev–Trinajstić information content (AvgIpc) is 2.88. The van der Waals surface area contributed by atoms with Crippen LogP contribution in [0.2, 0.25) is 5.15 Å². The van der Waals surface area contributed by atoms with Gasteiger partial charge in [0.2, 0.25) is 0 Å².